The molecule has 0 aliphatic heterocycles. The number of nitrogens with zero attached hydrogens (tertiary/aromatic N) is 2. The highest BCUT2D eigenvalue weighted by Crippen LogP contribution is 2.28. The van der Waals surface area contributed by atoms with Gasteiger partial charge in [0.05, 0.1) is 5.69 Å². The van der Waals surface area contributed by atoms with E-state index >= 15 is 0 Å². The lowest BCUT2D eigenvalue weighted by Crippen LogP contribution is -2.32. The van der Waals surface area contributed by atoms with Crippen molar-refractivity contribution in [3.05, 3.63) is 42.1 Å². The minimum absolute atomic E-state index is 0.0833. The third kappa shape index (κ3) is 3.78. The molecule has 0 aliphatic rings. The molecule has 138 valence electrons. The third-order valence-corrected chi connectivity index (χ3v) is 4.61. The van der Waals surface area contributed by atoms with Gasteiger partial charge in [0.2, 0.25) is 5.91 Å². The van der Waals surface area contributed by atoms with Gasteiger partial charge in [-0.15, -0.1) is 5.10 Å². The van der Waals surface area contributed by atoms with Gasteiger partial charge in [-0.3, -0.25) is 4.79 Å². The second-order valence-corrected chi connectivity index (χ2v) is 7.05. The number of amides is 1. The summed E-state index contributed by atoms with van der Waals surface area (Å²) in [5.74, 6) is 0.181. The van der Waals surface area contributed by atoms with E-state index in [0.717, 1.165) is 27.6 Å². The van der Waals surface area contributed by atoms with E-state index in [1.54, 1.807) is 6.82 Å². The van der Waals surface area contributed by atoms with Gasteiger partial charge in [0.15, 0.2) is 5.82 Å². The zero-order valence-corrected chi connectivity index (χ0v) is 15.9. The summed E-state index contributed by atoms with van der Waals surface area (Å²) in [5.41, 5.74) is 9.93. The van der Waals surface area contributed by atoms with Crippen molar-refractivity contribution in [2.75, 3.05) is 11.1 Å². The quantitative estimate of drug-likeness (QED) is 0.620. The van der Waals surface area contributed by atoms with Crippen molar-refractivity contribution in [3.63, 3.8) is 0 Å². The van der Waals surface area contributed by atoms with Crippen molar-refractivity contribution in [2.45, 2.75) is 27.6 Å². The molecule has 0 saturated carbocycles. The monoisotopic (exact) mass is 362 g/mol. The number of carbonyl (C=O) groups excluding carboxylic acids is 1. The van der Waals surface area contributed by atoms with Gasteiger partial charge in [-0.05, 0) is 41.7 Å². The molecular formula is C20H23BN4O2. The molecule has 3 rings (SSSR count). The number of nitrogen functional groups attached to an aromatic ring is 1. The Labute approximate surface area is 158 Å². The highest BCUT2D eigenvalue weighted by atomic mass is 16.2. The molecule has 0 unspecified atom stereocenters. The topological polar surface area (TPSA) is 101 Å². The molecule has 0 aliphatic carbocycles. The lowest BCUT2D eigenvalue weighted by atomic mass is 9.63. The average Bonchev–Trinajstić information content (AvgIpc) is 2.64. The lowest BCUT2D eigenvalue weighted by Gasteiger charge is -2.15. The second-order valence-electron chi connectivity index (χ2n) is 7.05. The first-order chi connectivity index (χ1) is 12.8. The lowest BCUT2D eigenvalue weighted by molar-refractivity contribution is -0.118. The molecule has 2 aromatic carbocycles. The van der Waals surface area contributed by atoms with Crippen LogP contribution < -0.4 is 16.5 Å². The maximum atomic E-state index is 12.0. The third-order valence-electron chi connectivity index (χ3n) is 4.61. The molecule has 0 bridgehead atoms. The smallest absolute Gasteiger partial charge is 0.322 e. The van der Waals surface area contributed by atoms with E-state index in [1.807, 2.05) is 57.2 Å². The Bertz CT molecular complexity index is 1020. The van der Waals surface area contributed by atoms with Gasteiger partial charge in [0.1, 0.15) is 0 Å². The van der Waals surface area contributed by atoms with Gasteiger partial charge in [0, 0.05) is 22.4 Å². The molecule has 1 amide bonds. The van der Waals surface area contributed by atoms with Crippen LogP contribution in [-0.2, 0) is 4.79 Å². The van der Waals surface area contributed by atoms with Crippen molar-refractivity contribution in [3.8, 4) is 11.1 Å². The molecule has 0 fully saturated rings. The summed E-state index contributed by atoms with van der Waals surface area (Å²) in [6.45, 7) is 6.53. The van der Waals surface area contributed by atoms with Gasteiger partial charge in [0.25, 0.3) is 0 Å². The molecule has 1 aromatic heterocycles. The summed E-state index contributed by atoms with van der Waals surface area (Å²) in [4.78, 5) is 12.0. The first-order valence-corrected chi connectivity index (χ1v) is 8.93. The highest BCUT2D eigenvalue weighted by molar-refractivity contribution is 6.66. The van der Waals surface area contributed by atoms with Crippen LogP contribution in [0.1, 0.15) is 19.5 Å². The number of nitrogens with one attached hydrogen (secondary N) is 1. The van der Waals surface area contributed by atoms with Gasteiger partial charge in [-0.2, -0.15) is 5.10 Å². The number of hydrogen-bond acceptors (Lipinski definition) is 5. The van der Waals surface area contributed by atoms with Crippen LogP contribution in [0, 0.1) is 12.8 Å². The highest BCUT2D eigenvalue weighted by Gasteiger charge is 2.17. The molecular weight excluding hydrogens is 339 g/mol. The van der Waals surface area contributed by atoms with Crippen molar-refractivity contribution < 1.29 is 9.82 Å². The summed E-state index contributed by atoms with van der Waals surface area (Å²) in [7, 11) is 0. The first kappa shape index (κ1) is 18.9. The van der Waals surface area contributed by atoms with E-state index < -0.39 is 6.92 Å². The Morgan fingerprint density at radius 1 is 1.11 bits per heavy atom. The van der Waals surface area contributed by atoms with Gasteiger partial charge in [-0.25, -0.2) is 0 Å². The van der Waals surface area contributed by atoms with Crippen LogP contribution >= 0.6 is 0 Å². The van der Waals surface area contributed by atoms with E-state index in [9.17, 15) is 9.82 Å². The molecule has 0 radical (unpaired) electrons. The Kier molecular flexibility index (Phi) is 5.14. The SMILES string of the molecule is CB(O)c1cc(-c2ccc3c(N)nnc(C)c3c2)ccc1NC(=O)C(C)C. The fraction of sp³-hybridized carbons (Fsp3) is 0.250. The minimum Gasteiger partial charge on any atom is -0.446 e. The van der Waals surface area contributed by atoms with Crippen LogP contribution in [-0.4, -0.2) is 28.0 Å². The molecule has 0 spiro atoms. The van der Waals surface area contributed by atoms with Gasteiger partial charge >= 0.3 is 6.92 Å². The normalized spacial score (nSPS) is 11.0. The summed E-state index contributed by atoms with van der Waals surface area (Å²) in [6, 6.07) is 11.6. The number of rotatable bonds is 4. The van der Waals surface area contributed by atoms with E-state index in [4.69, 9.17) is 5.73 Å². The molecule has 4 N–H and O–H groups in total. The molecule has 7 heteroatoms. The van der Waals surface area contributed by atoms with Crippen LogP contribution in [0.15, 0.2) is 36.4 Å². The molecule has 27 heavy (non-hydrogen) atoms. The second kappa shape index (κ2) is 7.36. The summed E-state index contributed by atoms with van der Waals surface area (Å²) in [6.07, 6.45) is 0. The molecule has 0 atom stereocenters. The van der Waals surface area contributed by atoms with Crippen LogP contribution in [0.4, 0.5) is 11.5 Å². The predicted octanol–water partition coefficient (Wildman–Crippen LogP) is 2.60. The fourth-order valence-electron chi connectivity index (χ4n) is 2.96. The number of benzene rings is 2. The zero-order valence-electron chi connectivity index (χ0n) is 15.9. The van der Waals surface area contributed by atoms with Crippen molar-refractivity contribution >= 4 is 40.6 Å². The number of nitrogens with two attached hydrogens (primary N) is 1. The zero-order chi connectivity index (χ0) is 19.7. The number of aryl methyl sites for hydroxylation is 1. The number of fused-ring (bicyclic) bond motifs is 1. The maximum Gasteiger partial charge on any atom is 0.322 e. The Balaban J connectivity index is 2.07. The molecule has 3 aromatic rings. The average molecular weight is 362 g/mol. The summed E-state index contributed by atoms with van der Waals surface area (Å²) in [5, 5.41) is 22.9. The van der Waals surface area contributed by atoms with Gasteiger partial charge in [-0.1, -0.05) is 38.9 Å². The van der Waals surface area contributed by atoms with Crippen LogP contribution in [0.2, 0.25) is 6.82 Å². The summed E-state index contributed by atoms with van der Waals surface area (Å²) < 4.78 is 0. The Morgan fingerprint density at radius 3 is 2.44 bits per heavy atom. The number of carbonyl (C=O) groups is 1. The fourth-order valence-corrected chi connectivity index (χ4v) is 2.96. The predicted molar refractivity (Wildman–Crippen MR) is 111 cm³/mol. The maximum absolute atomic E-state index is 12.0. The van der Waals surface area contributed by atoms with Crippen molar-refractivity contribution in [1.82, 2.24) is 10.2 Å². The number of aromatic nitrogens is 2. The van der Waals surface area contributed by atoms with Crippen molar-refractivity contribution in [1.29, 1.82) is 0 Å². The molecule has 6 nitrogen and oxygen atoms in total. The first-order valence-electron chi connectivity index (χ1n) is 8.93. The number of hydrogen-bond donors (Lipinski definition) is 3. The van der Waals surface area contributed by atoms with Crippen molar-refractivity contribution in [2.24, 2.45) is 5.92 Å². The van der Waals surface area contributed by atoms with Crippen LogP contribution in [0.3, 0.4) is 0 Å². The minimum atomic E-state index is -0.712. The van der Waals surface area contributed by atoms with E-state index in [2.05, 4.69) is 15.5 Å². The Morgan fingerprint density at radius 2 is 1.78 bits per heavy atom. The largest absolute Gasteiger partial charge is 0.446 e. The Hall–Kier alpha value is -2.93. The number of anilines is 2. The van der Waals surface area contributed by atoms with E-state index in [-0.39, 0.29) is 11.8 Å². The summed E-state index contributed by atoms with van der Waals surface area (Å²) >= 11 is 0. The van der Waals surface area contributed by atoms with E-state index in [1.165, 1.54) is 0 Å². The molecule has 1 heterocycles. The van der Waals surface area contributed by atoms with Crippen LogP contribution in [0.25, 0.3) is 21.9 Å². The molecule has 0 saturated heterocycles. The van der Waals surface area contributed by atoms with Crippen LogP contribution in [0.5, 0.6) is 0 Å². The van der Waals surface area contributed by atoms with Gasteiger partial charge < -0.3 is 16.1 Å². The van der Waals surface area contributed by atoms with E-state index in [0.29, 0.717) is 17.0 Å². The standard InChI is InChI=1S/C20H23BN4O2/c1-11(2)20(26)23-18-8-6-14(10-17(18)21(4)27)13-5-7-15-16(9-13)12(3)24-25-19(15)22/h5-11,27H,1-4H3,(H2,22,25)(H,23,26).